The largest absolute Gasteiger partial charge is 0.355 e. The summed E-state index contributed by atoms with van der Waals surface area (Å²) in [6.07, 6.45) is 1.22. The van der Waals surface area contributed by atoms with E-state index in [0.717, 1.165) is 5.56 Å². The van der Waals surface area contributed by atoms with Crippen LogP contribution in [0.4, 0.5) is 0 Å². The van der Waals surface area contributed by atoms with Crippen LogP contribution in [0.3, 0.4) is 0 Å². The van der Waals surface area contributed by atoms with Gasteiger partial charge in [0.2, 0.25) is 11.8 Å². The SMILES string of the molecule is CC(=O)C(C)(C)CCNC(=O)CNC(=O)[C@@H](C)Cc1ccccc1. The van der Waals surface area contributed by atoms with Crippen LogP contribution in [0.5, 0.6) is 0 Å². The van der Waals surface area contributed by atoms with Gasteiger partial charge in [0.1, 0.15) is 5.78 Å². The number of benzene rings is 1. The predicted molar refractivity (Wildman–Crippen MR) is 94.4 cm³/mol. The van der Waals surface area contributed by atoms with Gasteiger partial charge < -0.3 is 10.6 Å². The van der Waals surface area contributed by atoms with Crippen LogP contribution >= 0.6 is 0 Å². The van der Waals surface area contributed by atoms with Crippen molar-refractivity contribution in [1.82, 2.24) is 10.6 Å². The minimum absolute atomic E-state index is 0.0432. The maximum absolute atomic E-state index is 12.0. The van der Waals surface area contributed by atoms with E-state index in [1.807, 2.05) is 51.1 Å². The van der Waals surface area contributed by atoms with E-state index < -0.39 is 5.41 Å². The highest BCUT2D eigenvalue weighted by Crippen LogP contribution is 2.20. The van der Waals surface area contributed by atoms with E-state index in [1.165, 1.54) is 0 Å². The first kappa shape index (κ1) is 19.9. The van der Waals surface area contributed by atoms with E-state index in [4.69, 9.17) is 0 Å². The van der Waals surface area contributed by atoms with Crippen LogP contribution in [0.2, 0.25) is 0 Å². The molecule has 1 aromatic carbocycles. The number of carbonyl (C=O) groups excluding carboxylic acids is 3. The van der Waals surface area contributed by atoms with Crippen molar-refractivity contribution in [2.75, 3.05) is 13.1 Å². The van der Waals surface area contributed by atoms with Crippen molar-refractivity contribution >= 4 is 17.6 Å². The second kappa shape index (κ2) is 9.21. The highest BCUT2D eigenvalue weighted by molar-refractivity contribution is 5.86. The molecule has 0 spiro atoms. The molecule has 5 heteroatoms. The fourth-order valence-corrected chi connectivity index (χ4v) is 2.15. The Bertz CT molecular complexity index is 567. The summed E-state index contributed by atoms with van der Waals surface area (Å²) in [7, 11) is 0. The molecule has 0 aromatic heterocycles. The molecule has 0 aliphatic heterocycles. The molecule has 0 bridgehead atoms. The Labute approximate surface area is 144 Å². The van der Waals surface area contributed by atoms with Crippen molar-refractivity contribution in [1.29, 1.82) is 0 Å². The number of Topliss-reactive ketones (excluding diaryl/α,β-unsaturated/α-hetero) is 1. The average Bonchev–Trinajstić information content (AvgIpc) is 2.53. The number of hydrogen-bond donors (Lipinski definition) is 2. The van der Waals surface area contributed by atoms with Gasteiger partial charge in [0.05, 0.1) is 6.54 Å². The smallest absolute Gasteiger partial charge is 0.239 e. The van der Waals surface area contributed by atoms with Gasteiger partial charge in [0.25, 0.3) is 0 Å². The summed E-state index contributed by atoms with van der Waals surface area (Å²) in [5.41, 5.74) is 0.650. The highest BCUT2D eigenvalue weighted by Gasteiger charge is 2.23. The quantitative estimate of drug-likeness (QED) is 0.727. The summed E-state index contributed by atoms with van der Waals surface area (Å²) >= 11 is 0. The maximum atomic E-state index is 12.0. The second-order valence-electron chi connectivity index (χ2n) is 6.85. The van der Waals surface area contributed by atoms with Crippen molar-refractivity contribution in [2.24, 2.45) is 11.3 Å². The maximum Gasteiger partial charge on any atom is 0.239 e. The molecule has 2 amide bonds. The molecule has 0 saturated heterocycles. The Morgan fingerprint density at radius 3 is 2.29 bits per heavy atom. The van der Waals surface area contributed by atoms with E-state index >= 15 is 0 Å². The number of nitrogens with one attached hydrogen (secondary N) is 2. The molecule has 1 atom stereocenters. The van der Waals surface area contributed by atoms with Crippen LogP contribution in [0.25, 0.3) is 0 Å². The molecule has 0 saturated carbocycles. The zero-order chi connectivity index (χ0) is 18.2. The molecule has 0 aliphatic rings. The fourth-order valence-electron chi connectivity index (χ4n) is 2.15. The van der Waals surface area contributed by atoms with Gasteiger partial charge in [-0.05, 0) is 25.3 Å². The summed E-state index contributed by atoms with van der Waals surface area (Å²) in [5, 5.41) is 5.39. The van der Waals surface area contributed by atoms with Crippen molar-refractivity contribution < 1.29 is 14.4 Å². The summed E-state index contributed by atoms with van der Waals surface area (Å²) in [6.45, 7) is 7.48. The van der Waals surface area contributed by atoms with Crippen LogP contribution in [-0.2, 0) is 20.8 Å². The van der Waals surface area contributed by atoms with Crippen LogP contribution in [0, 0.1) is 11.3 Å². The summed E-state index contributed by atoms with van der Waals surface area (Å²) in [6, 6.07) is 9.78. The van der Waals surface area contributed by atoms with Crippen LogP contribution in [-0.4, -0.2) is 30.7 Å². The lowest BCUT2D eigenvalue weighted by Crippen LogP contribution is -2.40. The van der Waals surface area contributed by atoms with Crippen molar-refractivity contribution in [2.45, 2.75) is 40.5 Å². The molecule has 1 rings (SSSR count). The minimum atomic E-state index is -0.444. The molecule has 0 heterocycles. The van der Waals surface area contributed by atoms with Gasteiger partial charge in [-0.25, -0.2) is 0 Å². The molecule has 132 valence electrons. The number of carbonyl (C=O) groups is 3. The van der Waals surface area contributed by atoms with Gasteiger partial charge in [-0.3, -0.25) is 14.4 Å². The molecular weight excluding hydrogens is 304 g/mol. The third-order valence-electron chi connectivity index (χ3n) is 4.28. The normalized spacial score (nSPS) is 12.3. The van der Waals surface area contributed by atoms with E-state index in [-0.39, 0.29) is 30.1 Å². The number of hydrogen-bond acceptors (Lipinski definition) is 3. The molecule has 1 aromatic rings. The summed E-state index contributed by atoms with van der Waals surface area (Å²) in [4.78, 5) is 35.2. The van der Waals surface area contributed by atoms with Gasteiger partial charge in [-0.2, -0.15) is 0 Å². The number of rotatable bonds is 9. The second-order valence-corrected chi connectivity index (χ2v) is 6.85. The average molecular weight is 332 g/mol. The topological polar surface area (TPSA) is 75.3 Å². The summed E-state index contributed by atoms with van der Waals surface area (Å²) in [5.74, 6) is -0.482. The lowest BCUT2D eigenvalue weighted by Gasteiger charge is -2.21. The Hall–Kier alpha value is -2.17. The van der Waals surface area contributed by atoms with Gasteiger partial charge in [-0.15, -0.1) is 0 Å². The van der Waals surface area contributed by atoms with Crippen LogP contribution < -0.4 is 10.6 Å². The monoisotopic (exact) mass is 332 g/mol. The third kappa shape index (κ3) is 6.94. The molecule has 2 N–H and O–H groups in total. The Kier molecular flexibility index (Phi) is 7.62. The number of amides is 2. The van der Waals surface area contributed by atoms with Crippen molar-refractivity contribution in [3.05, 3.63) is 35.9 Å². The van der Waals surface area contributed by atoms with Crippen molar-refractivity contribution in [3.8, 4) is 0 Å². The van der Waals surface area contributed by atoms with Crippen molar-refractivity contribution in [3.63, 3.8) is 0 Å². The molecule has 24 heavy (non-hydrogen) atoms. The van der Waals surface area contributed by atoms with E-state index in [0.29, 0.717) is 19.4 Å². The molecule has 0 radical (unpaired) electrons. The molecule has 0 unspecified atom stereocenters. The first-order valence-electron chi connectivity index (χ1n) is 8.32. The van der Waals surface area contributed by atoms with E-state index in [9.17, 15) is 14.4 Å². The first-order valence-corrected chi connectivity index (χ1v) is 8.32. The lowest BCUT2D eigenvalue weighted by molar-refractivity contribution is -0.128. The van der Waals surface area contributed by atoms with E-state index in [1.54, 1.807) is 6.92 Å². The minimum Gasteiger partial charge on any atom is -0.355 e. The van der Waals surface area contributed by atoms with Gasteiger partial charge in [-0.1, -0.05) is 51.1 Å². The van der Waals surface area contributed by atoms with Gasteiger partial charge in [0, 0.05) is 17.9 Å². The first-order chi connectivity index (χ1) is 11.2. The molecule has 0 aliphatic carbocycles. The zero-order valence-electron chi connectivity index (χ0n) is 15.0. The Morgan fingerprint density at radius 2 is 1.71 bits per heavy atom. The Morgan fingerprint density at radius 1 is 1.08 bits per heavy atom. The highest BCUT2D eigenvalue weighted by atomic mass is 16.2. The predicted octanol–water partition coefficient (Wildman–Crippen LogP) is 2.10. The zero-order valence-corrected chi connectivity index (χ0v) is 15.0. The van der Waals surface area contributed by atoms with Gasteiger partial charge in [0.15, 0.2) is 0 Å². The standard InChI is InChI=1S/C19H28N2O3/c1-14(12-16-8-6-5-7-9-16)18(24)21-13-17(23)20-11-10-19(3,4)15(2)22/h5-9,14H,10-13H2,1-4H3,(H,20,23)(H,21,24)/t14-/m0/s1. The fraction of sp³-hybridized carbons (Fsp3) is 0.526. The molecule has 0 fully saturated rings. The Balaban J connectivity index is 2.28. The van der Waals surface area contributed by atoms with Gasteiger partial charge >= 0.3 is 0 Å². The third-order valence-corrected chi connectivity index (χ3v) is 4.28. The van der Waals surface area contributed by atoms with Crippen LogP contribution in [0.15, 0.2) is 30.3 Å². The van der Waals surface area contributed by atoms with Crippen LogP contribution in [0.1, 0.15) is 39.7 Å². The number of ketones is 1. The molecule has 5 nitrogen and oxygen atoms in total. The molecular formula is C19H28N2O3. The summed E-state index contributed by atoms with van der Waals surface area (Å²) < 4.78 is 0. The lowest BCUT2D eigenvalue weighted by atomic mass is 9.85. The van der Waals surface area contributed by atoms with E-state index in [2.05, 4.69) is 10.6 Å².